The molecule has 16 heavy (non-hydrogen) atoms. The Morgan fingerprint density at radius 2 is 2.31 bits per heavy atom. The Balaban J connectivity index is 2.13. The lowest BCUT2D eigenvalue weighted by atomic mass is 10.2. The minimum absolute atomic E-state index is 0.619. The van der Waals surface area contributed by atoms with Crippen molar-refractivity contribution in [1.29, 1.82) is 0 Å². The van der Waals surface area contributed by atoms with Gasteiger partial charge in [0.25, 0.3) is 0 Å². The van der Waals surface area contributed by atoms with Crippen LogP contribution < -0.4 is 5.32 Å². The van der Waals surface area contributed by atoms with E-state index < -0.39 is 0 Å². The molecule has 0 spiro atoms. The highest BCUT2D eigenvalue weighted by Gasteiger charge is 2.05. The van der Waals surface area contributed by atoms with Crippen molar-refractivity contribution in [3.8, 4) is 0 Å². The summed E-state index contributed by atoms with van der Waals surface area (Å²) < 4.78 is 1.25. The predicted octanol–water partition coefficient (Wildman–Crippen LogP) is 3.77. The molecule has 0 aliphatic carbocycles. The van der Waals surface area contributed by atoms with Gasteiger partial charge in [0.1, 0.15) is 0 Å². The molecule has 0 aliphatic heterocycles. The van der Waals surface area contributed by atoms with Gasteiger partial charge in [0.2, 0.25) is 0 Å². The second-order valence-electron chi connectivity index (χ2n) is 3.92. The molecule has 2 rings (SSSR count). The van der Waals surface area contributed by atoms with Crippen LogP contribution in [0.25, 0.3) is 10.2 Å². The van der Waals surface area contributed by atoms with Crippen LogP contribution in [0.3, 0.4) is 0 Å². The number of thiazole rings is 1. The van der Waals surface area contributed by atoms with Crippen LogP contribution in [0.2, 0.25) is 0 Å². The summed E-state index contributed by atoms with van der Waals surface area (Å²) in [7, 11) is 0. The highest BCUT2D eigenvalue weighted by molar-refractivity contribution is 7.99. The molecule has 1 heterocycles. The molecule has 0 radical (unpaired) electrons. The van der Waals surface area contributed by atoms with Crippen LogP contribution in [0.1, 0.15) is 12.5 Å². The number of thioether (sulfide) groups is 1. The number of rotatable bonds is 4. The van der Waals surface area contributed by atoms with Gasteiger partial charge in [0.15, 0.2) is 5.13 Å². The fraction of sp³-hybridized carbons (Fsp3) is 0.417. The van der Waals surface area contributed by atoms with E-state index in [1.54, 1.807) is 11.3 Å². The second kappa shape index (κ2) is 5.06. The van der Waals surface area contributed by atoms with Gasteiger partial charge in [-0.25, -0.2) is 4.98 Å². The Bertz CT molecular complexity index is 479. The molecule has 2 aromatic rings. The molecule has 0 saturated carbocycles. The third-order valence-corrected chi connectivity index (χ3v) is 4.45. The van der Waals surface area contributed by atoms with Gasteiger partial charge in [-0.3, -0.25) is 0 Å². The van der Waals surface area contributed by atoms with Gasteiger partial charge in [-0.2, -0.15) is 11.8 Å². The normalized spacial score (nSPS) is 12.9. The summed E-state index contributed by atoms with van der Waals surface area (Å²) in [5, 5.41) is 5.04. The molecule has 0 fully saturated rings. The number of aryl methyl sites for hydroxylation is 1. The van der Waals surface area contributed by atoms with Gasteiger partial charge in [0, 0.05) is 11.8 Å². The van der Waals surface area contributed by atoms with Gasteiger partial charge in [-0.05, 0) is 30.9 Å². The Labute approximate surface area is 104 Å². The van der Waals surface area contributed by atoms with Crippen LogP contribution in [0.5, 0.6) is 0 Å². The van der Waals surface area contributed by atoms with Gasteiger partial charge < -0.3 is 5.32 Å². The first-order chi connectivity index (χ1) is 7.69. The number of nitrogens with zero attached hydrogens (tertiary/aromatic N) is 1. The number of aromatic nitrogens is 1. The van der Waals surface area contributed by atoms with Crippen molar-refractivity contribution < 1.29 is 0 Å². The van der Waals surface area contributed by atoms with E-state index in [1.165, 1.54) is 10.3 Å². The lowest BCUT2D eigenvalue weighted by Crippen LogP contribution is -2.12. The Morgan fingerprint density at radius 3 is 3.06 bits per heavy atom. The second-order valence-corrected chi connectivity index (χ2v) is 6.22. The van der Waals surface area contributed by atoms with Crippen LogP contribution >= 0.6 is 23.1 Å². The first-order valence-corrected chi connectivity index (χ1v) is 7.43. The van der Waals surface area contributed by atoms with Crippen LogP contribution in [0.15, 0.2) is 18.2 Å². The minimum atomic E-state index is 0.619. The summed E-state index contributed by atoms with van der Waals surface area (Å²) in [6, 6.07) is 6.41. The summed E-state index contributed by atoms with van der Waals surface area (Å²) in [6.07, 6.45) is 2.13. The van der Waals surface area contributed by atoms with Crippen molar-refractivity contribution >= 4 is 38.4 Å². The zero-order chi connectivity index (χ0) is 11.5. The van der Waals surface area contributed by atoms with Crippen molar-refractivity contribution in [2.45, 2.75) is 19.1 Å². The zero-order valence-electron chi connectivity index (χ0n) is 9.78. The average molecular weight is 252 g/mol. The summed E-state index contributed by atoms with van der Waals surface area (Å²) in [6.45, 7) is 5.29. The molecule has 1 N–H and O–H groups in total. The molecule has 86 valence electrons. The molecule has 4 heteroatoms. The van der Waals surface area contributed by atoms with E-state index in [0.29, 0.717) is 5.25 Å². The molecule has 1 atom stereocenters. The molecule has 0 saturated heterocycles. The topological polar surface area (TPSA) is 24.9 Å². The molecule has 0 bridgehead atoms. The van der Waals surface area contributed by atoms with E-state index in [2.05, 4.69) is 48.6 Å². The van der Waals surface area contributed by atoms with Crippen LogP contribution in [0.4, 0.5) is 5.13 Å². The quantitative estimate of drug-likeness (QED) is 0.896. The lowest BCUT2D eigenvalue weighted by molar-refractivity contribution is 1.00. The summed E-state index contributed by atoms with van der Waals surface area (Å²) in [4.78, 5) is 4.58. The highest BCUT2D eigenvalue weighted by Crippen LogP contribution is 2.26. The average Bonchev–Trinajstić information content (AvgIpc) is 2.67. The van der Waals surface area contributed by atoms with Crippen LogP contribution in [0, 0.1) is 6.92 Å². The van der Waals surface area contributed by atoms with E-state index >= 15 is 0 Å². The molecule has 1 aromatic heterocycles. The van der Waals surface area contributed by atoms with Crippen molar-refractivity contribution in [2.24, 2.45) is 0 Å². The Hall–Kier alpha value is -0.740. The largest absolute Gasteiger partial charge is 0.360 e. The number of hydrogen-bond donors (Lipinski definition) is 1. The first-order valence-electron chi connectivity index (χ1n) is 5.33. The monoisotopic (exact) mass is 252 g/mol. The van der Waals surface area contributed by atoms with Crippen LogP contribution in [-0.4, -0.2) is 23.0 Å². The van der Waals surface area contributed by atoms with E-state index in [0.717, 1.165) is 17.2 Å². The molecular weight excluding hydrogens is 236 g/mol. The van der Waals surface area contributed by atoms with E-state index in [1.807, 2.05) is 11.8 Å². The maximum atomic E-state index is 4.58. The highest BCUT2D eigenvalue weighted by atomic mass is 32.2. The summed E-state index contributed by atoms with van der Waals surface area (Å²) in [5.74, 6) is 0. The van der Waals surface area contributed by atoms with Gasteiger partial charge in [-0.1, -0.05) is 24.3 Å². The molecular formula is C12H16N2S2. The standard InChI is InChI=1S/C12H16N2S2/c1-8-4-5-11-10(6-8)14-12(16-11)13-7-9(2)15-3/h4-6,9H,7H2,1-3H3,(H,13,14). The van der Waals surface area contributed by atoms with E-state index in [-0.39, 0.29) is 0 Å². The van der Waals surface area contributed by atoms with E-state index in [9.17, 15) is 0 Å². The lowest BCUT2D eigenvalue weighted by Gasteiger charge is -2.07. The molecule has 1 aromatic carbocycles. The van der Waals surface area contributed by atoms with Crippen molar-refractivity contribution in [1.82, 2.24) is 4.98 Å². The van der Waals surface area contributed by atoms with Gasteiger partial charge in [-0.15, -0.1) is 0 Å². The Kier molecular flexibility index (Phi) is 3.71. The number of benzene rings is 1. The maximum Gasteiger partial charge on any atom is 0.183 e. The van der Waals surface area contributed by atoms with Crippen molar-refractivity contribution in [3.05, 3.63) is 23.8 Å². The summed E-state index contributed by atoms with van der Waals surface area (Å²) in [5.41, 5.74) is 2.37. The van der Waals surface area contributed by atoms with Gasteiger partial charge >= 0.3 is 0 Å². The van der Waals surface area contributed by atoms with Crippen LogP contribution in [-0.2, 0) is 0 Å². The van der Waals surface area contributed by atoms with Crippen molar-refractivity contribution in [3.63, 3.8) is 0 Å². The smallest absolute Gasteiger partial charge is 0.183 e. The fourth-order valence-corrected chi connectivity index (χ4v) is 2.53. The first kappa shape index (κ1) is 11.7. The number of anilines is 1. The number of hydrogen-bond acceptors (Lipinski definition) is 4. The maximum absolute atomic E-state index is 4.58. The molecule has 1 unspecified atom stereocenters. The number of nitrogens with one attached hydrogen (secondary N) is 1. The van der Waals surface area contributed by atoms with Gasteiger partial charge in [0.05, 0.1) is 10.2 Å². The molecule has 2 nitrogen and oxygen atoms in total. The SMILES string of the molecule is CSC(C)CNc1nc2cc(C)ccc2s1. The summed E-state index contributed by atoms with van der Waals surface area (Å²) >= 11 is 3.59. The zero-order valence-corrected chi connectivity index (χ0v) is 11.4. The predicted molar refractivity (Wildman–Crippen MR) is 75.8 cm³/mol. The number of fused-ring (bicyclic) bond motifs is 1. The molecule has 0 amide bonds. The Morgan fingerprint density at radius 1 is 1.50 bits per heavy atom. The van der Waals surface area contributed by atoms with Crippen molar-refractivity contribution in [2.75, 3.05) is 18.1 Å². The fourth-order valence-electron chi connectivity index (χ4n) is 1.43. The third-order valence-electron chi connectivity index (χ3n) is 2.49. The molecule has 0 aliphatic rings. The minimum Gasteiger partial charge on any atom is -0.360 e. The van der Waals surface area contributed by atoms with E-state index in [4.69, 9.17) is 0 Å². The third kappa shape index (κ3) is 2.68.